The molecule has 1 amide bonds. The SMILES string of the molecule is NC(=O)c1cc(Oc2cccc(F)c2)cs1. The molecule has 0 spiro atoms. The van der Waals surface area contributed by atoms with E-state index in [9.17, 15) is 9.18 Å². The Morgan fingerprint density at radius 2 is 2.12 bits per heavy atom. The van der Waals surface area contributed by atoms with Crippen molar-refractivity contribution < 1.29 is 13.9 Å². The van der Waals surface area contributed by atoms with E-state index in [1.54, 1.807) is 17.5 Å². The third-order valence-corrected chi connectivity index (χ3v) is 2.77. The largest absolute Gasteiger partial charge is 0.456 e. The Hall–Kier alpha value is -1.88. The van der Waals surface area contributed by atoms with E-state index >= 15 is 0 Å². The fraction of sp³-hybridized carbons (Fsp3) is 0. The van der Waals surface area contributed by atoms with Crippen molar-refractivity contribution in [1.82, 2.24) is 0 Å². The first-order valence-electron chi connectivity index (χ1n) is 4.47. The van der Waals surface area contributed by atoms with Crippen LogP contribution >= 0.6 is 11.3 Å². The topological polar surface area (TPSA) is 52.3 Å². The van der Waals surface area contributed by atoms with Crippen molar-refractivity contribution in [2.45, 2.75) is 0 Å². The van der Waals surface area contributed by atoms with Crippen molar-refractivity contribution in [2.24, 2.45) is 5.73 Å². The minimum absolute atomic E-state index is 0.372. The van der Waals surface area contributed by atoms with Gasteiger partial charge in [-0.3, -0.25) is 4.79 Å². The highest BCUT2D eigenvalue weighted by molar-refractivity contribution is 7.12. The highest BCUT2D eigenvalue weighted by Crippen LogP contribution is 2.26. The van der Waals surface area contributed by atoms with Crippen molar-refractivity contribution >= 4 is 17.2 Å². The number of ether oxygens (including phenoxy) is 1. The summed E-state index contributed by atoms with van der Waals surface area (Å²) in [6.45, 7) is 0. The van der Waals surface area contributed by atoms with Crippen LogP contribution in [0.5, 0.6) is 11.5 Å². The fourth-order valence-corrected chi connectivity index (χ4v) is 1.83. The van der Waals surface area contributed by atoms with E-state index in [-0.39, 0.29) is 5.82 Å². The average molecular weight is 237 g/mol. The van der Waals surface area contributed by atoms with Crippen LogP contribution < -0.4 is 10.5 Å². The predicted octanol–water partition coefficient (Wildman–Crippen LogP) is 2.78. The molecule has 0 radical (unpaired) electrons. The minimum atomic E-state index is -0.501. The van der Waals surface area contributed by atoms with E-state index in [0.29, 0.717) is 16.4 Å². The molecule has 1 heterocycles. The number of halogens is 1. The lowest BCUT2D eigenvalue weighted by atomic mass is 10.3. The van der Waals surface area contributed by atoms with Crippen LogP contribution in [0.25, 0.3) is 0 Å². The zero-order valence-electron chi connectivity index (χ0n) is 8.14. The maximum absolute atomic E-state index is 12.9. The smallest absolute Gasteiger partial charge is 0.258 e. The molecule has 0 bridgehead atoms. The molecule has 2 N–H and O–H groups in total. The van der Waals surface area contributed by atoms with Gasteiger partial charge in [-0.05, 0) is 12.1 Å². The second kappa shape index (κ2) is 4.32. The van der Waals surface area contributed by atoms with Gasteiger partial charge in [0.1, 0.15) is 17.3 Å². The summed E-state index contributed by atoms with van der Waals surface area (Å²) in [5.74, 6) is -0.0137. The molecule has 0 saturated heterocycles. The average Bonchev–Trinajstić information content (AvgIpc) is 2.66. The summed E-state index contributed by atoms with van der Waals surface area (Å²) in [5.41, 5.74) is 5.10. The van der Waals surface area contributed by atoms with Gasteiger partial charge in [-0.2, -0.15) is 0 Å². The Balaban J connectivity index is 2.17. The summed E-state index contributed by atoms with van der Waals surface area (Å²) in [7, 11) is 0. The zero-order valence-corrected chi connectivity index (χ0v) is 8.96. The number of benzene rings is 1. The molecule has 0 aliphatic heterocycles. The van der Waals surface area contributed by atoms with E-state index < -0.39 is 5.91 Å². The molecule has 0 fully saturated rings. The highest BCUT2D eigenvalue weighted by atomic mass is 32.1. The summed E-state index contributed by atoms with van der Waals surface area (Å²) in [4.78, 5) is 11.2. The normalized spacial score (nSPS) is 10.1. The number of carbonyl (C=O) groups excluding carboxylic acids is 1. The zero-order chi connectivity index (χ0) is 11.5. The van der Waals surface area contributed by atoms with Crippen LogP contribution in [-0.4, -0.2) is 5.91 Å². The fourth-order valence-electron chi connectivity index (χ4n) is 1.17. The van der Waals surface area contributed by atoms with Gasteiger partial charge in [0.15, 0.2) is 0 Å². The number of hydrogen-bond donors (Lipinski definition) is 1. The van der Waals surface area contributed by atoms with Gasteiger partial charge in [-0.25, -0.2) is 4.39 Å². The monoisotopic (exact) mass is 237 g/mol. The molecule has 0 aliphatic rings. The molecule has 0 saturated carbocycles. The van der Waals surface area contributed by atoms with Gasteiger partial charge in [0, 0.05) is 17.5 Å². The Kier molecular flexibility index (Phi) is 2.87. The number of amides is 1. The van der Waals surface area contributed by atoms with E-state index in [4.69, 9.17) is 10.5 Å². The Labute approximate surface area is 95.3 Å². The van der Waals surface area contributed by atoms with Gasteiger partial charge >= 0.3 is 0 Å². The number of carbonyl (C=O) groups is 1. The highest BCUT2D eigenvalue weighted by Gasteiger charge is 2.06. The number of primary amides is 1. The number of nitrogens with two attached hydrogens (primary N) is 1. The van der Waals surface area contributed by atoms with Crippen LogP contribution in [0.4, 0.5) is 4.39 Å². The van der Waals surface area contributed by atoms with Crippen molar-refractivity contribution in [3.63, 3.8) is 0 Å². The minimum Gasteiger partial charge on any atom is -0.456 e. The summed E-state index contributed by atoms with van der Waals surface area (Å²) >= 11 is 1.19. The van der Waals surface area contributed by atoms with Crippen molar-refractivity contribution in [1.29, 1.82) is 0 Å². The van der Waals surface area contributed by atoms with Gasteiger partial charge < -0.3 is 10.5 Å². The molecule has 3 nitrogen and oxygen atoms in total. The standard InChI is InChI=1S/C11H8FNO2S/c12-7-2-1-3-8(4-7)15-9-5-10(11(13)14)16-6-9/h1-6H,(H2,13,14). The molecule has 2 rings (SSSR count). The van der Waals surface area contributed by atoms with Crippen molar-refractivity contribution in [3.8, 4) is 11.5 Å². The predicted molar refractivity (Wildman–Crippen MR) is 59.3 cm³/mol. The van der Waals surface area contributed by atoms with Gasteiger partial charge in [0.25, 0.3) is 5.91 Å². The lowest BCUT2D eigenvalue weighted by molar-refractivity contribution is 0.100. The second-order valence-corrected chi connectivity index (χ2v) is 3.98. The van der Waals surface area contributed by atoms with Crippen LogP contribution in [0.2, 0.25) is 0 Å². The number of thiophene rings is 1. The molecule has 1 aromatic heterocycles. The maximum Gasteiger partial charge on any atom is 0.258 e. The lowest BCUT2D eigenvalue weighted by Crippen LogP contribution is -2.08. The van der Waals surface area contributed by atoms with Gasteiger partial charge in [0.05, 0.1) is 4.88 Å². The summed E-state index contributed by atoms with van der Waals surface area (Å²) in [5, 5.41) is 1.64. The van der Waals surface area contributed by atoms with Crippen molar-refractivity contribution in [2.75, 3.05) is 0 Å². The third-order valence-electron chi connectivity index (χ3n) is 1.85. The van der Waals surface area contributed by atoms with Gasteiger partial charge in [-0.1, -0.05) is 6.07 Å². The first kappa shape index (κ1) is 10.6. The lowest BCUT2D eigenvalue weighted by Gasteiger charge is -2.01. The second-order valence-electron chi connectivity index (χ2n) is 3.07. The summed E-state index contributed by atoms with van der Waals surface area (Å²) in [6.07, 6.45) is 0. The molecule has 2 aromatic rings. The van der Waals surface area contributed by atoms with E-state index in [0.717, 1.165) is 0 Å². The first-order chi connectivity index (χ1) is 7.65. The van der Waals surface area contributed by atoms with Gasteiger partial charge in [-0.15, -0.1) is 11.3 Å². The van der Waals surface area contributed by atoms with Gasteiger partial charge in [0.2, 0.25) is 0 Å². The molecule has 16 heavy (non-hydrogen) atoms. The molecule has 1 aromatic carbocycles. The molecular weight excluding hydrogens is 229 g/mol. The van der Waals surface area contributed by atoms with E-state index in [2.05, 4.69) is 0 Å². The maximum atomic E-state index is 12.9. The van der Waals surface area contributed by atoms with Crippen LogP contribution in [-0.2, 0) is 0 Å². The Bertz CT molecular complexity index is 524. The van der Waals surface area contributed by atoms with Crippen LogP contribution in [0.1, 0.15) is 9.67 Å². The Morgan fingerprint density at radius 3 is 2.75 bits per heavy atom. The van der Waals surface area contributed by atoms with Crippen LogP contribution in [0.3, 0.4) is 0 Å². The molecule has 0 aliphatic carbocycles. The van der Waals surface area contributed by atoms with Crippen LogP contribution in [0, 0.1) is 5.82 Å². The van der Waals surface area contributed by atoms with E-state index in [1.165, 1.54) is 29.5 Å². The Morgan fingerprint density at radius 1 is 1.31 bits per heavy atom. The quantitative estimate of drug-likeness (QED) is 0.892. The van der Waals surface area contributed by atoms with E-state index in [1.807, 2.05) is 0 Å². The molecule has 5 heteroatoms. The first-order valence-corrected chi connectivity index (χ1v) is 5.35. The van der Waals surface area contributed by atoms with Crippen molar-refractivity contribution in [3.05, 3.63) is 46.4 Å². The molecule has 0 atom stereocenters. The van der Waals surface area contributed by atoms with Crippen LogP contribution in [0.15, 0.2) is 35.7 Å². The molecule has 82 valence electrons. The molecular formula is C11H8FNO2S. The third kappa shape index (κ3) is 2.38. The summed E-state index contributed by atoms with van der Waals surface area (Å²) < 4.78 is 18.2. The number of hydrogen-bond acceptors (Lipinski definition) is 3. The summed E-state index contributed by atoms with van der Waals surface area (Å²) in [6, 6.07) is 7.30. The number of rotatable bonds is 3. The molecule has 0 unspecified atom stereocenters.